The molecule has 1 heterocycles. The number of hydrogen-bond acceptors (Lipinski definition) is 3. The summed E-state index contributed by atoms with van der Waals surface area (Å²) in [5.74, 6) is -2.03. The van der Waals surface area contributed by atoms with Crippen LogP contribution in [0.25, 0.3) is 0 Å². The first kappa shape index (κ1) is 16.7. The van der Waals surface area contributed by atoms with Crippen molar-refractivity contribution in [1.82, 2.24) is 4.90 Å². The van der Waals surface area contributed by atoms with E-state index < -0.39 is 18.0 Å². The zero-order valence-corrected chi connectivity index (χ0v) is 12.5. The van der Waals surface area contributed by atoms with Crippen LogP contribution in [0, 0.1) is 5.92 Å². The maximum absolute atomic E-state index is 12.6. The topological polar surface area (TPSA) is 49.8 Å². The van der Waals surface area contributed by atoms with Crippen LogP contribution in [-0.2, 0) is 0 Å². The van der Waals surface area contributed by atoms with Gasteiger partial charge in [0.15, 0.2) is 11.5 Å². The van der Waals surface area contributed by atoms with Gasteiger partial charge in [-0.1, -0.05) is 11.6 Å². The highest BCUT2D eigenvalue weighted by Crippen LogP contribution is 2.37. The predicted octanol–water partition coefficient (Wildman–Crippen LogP) is 3.47. The Morgan fingerprint density at radius 3 is 2.45 bits per heavy atom. The van der Waals surface area contributed by atoms with E-state index in [1.807, 2.05) is 0 Å². The number of methoxy groups -OCH3 is 1. The van der Waals surface area contributed by atoms with Gasteiger partial charge in [-0.2, -0.15) is 13.2 Å². The molecule has 4 nitrogen and oxygen atoms in total. The number of hydrogen-bond donors (Lipinski definition) is 1. The molecule has 0 bridgehead atoms. The summed E-state index contributed by atoms with van der Waals surface area (Å²) < 4.78 is 42.8. The van der Waals surface area contributed by atoms with Gasteiger partial charge in [0.25, 0.3) is 5.91 Å². The third kappa shape index (κ3) is 3.40. The van der Waals surface area contributed by atoms with Crippen LogP contribution in [0.15, 0.2) is 12.1 Å². The Bertz CT molecular complexity index is 569. The molecule has 8 heteroatoms. The molecule has 1 saturated heterocycles. The van der Waals surface area contributed by atoms with Crippen molar-refractivity contribution >= 4 is 17.5 Å². The van der Waals surface area contributed by atoms with Crippen molar-refractivity contribution in [2.75, 3.05) is 20.2 Å². The quantitative estimate of drug-likeness (QED) is 0.899. The Kier molecular flexibility index (Phi) is 4.75. The van der Waals surface area contributed by atoms with Crippen LogP contribution in [-0.4, -0.2) is 42.3 Å². The smallest absolute Gasteiger partial charge is 0.391 e. The Balaban J connectivity index is 2.12. The van der Waals surface area contributed by atoms with E-state index in [1.54, 1.807) is 0 Å². The van der Waals surface area contributed by atoms with E-state index in [0.717, 1.165) is 0 Å². The van der Waals surface area contributed by atoms with Crippen LogP contribution >= 0.6 is 11.6 Å². The van der Waals surface area contributed by atoms with Crippen molar-refractivity contribution in [2.24, 2.45) is 5.92 Å². The summed E-state index contributed by atoms with van der Waals surface area (Å²) >= 11 is 5.81. The van der Waals surface area contributed by atoms with Crippen molar-refractivity contribution < 1.29 is 27.8 Å². The zero-order valence-electron chi connectivity index (χ0n) is 11.8. The summed E-state index contributed by atoms with van der Waals surface area (Å²) in [6.45, 7) is 0.0631. The fourth-order valence-corrected chi connectivity index (χ4v) is 2.66. The molecular formula is C14H15ClF3NO3. The Labute approximate surface area is 130 Å². The number of phenolic OH excluding ortho intramolecular Hbond substituents is 1. The molecule has 1 N–H and O–H groups in total. The largest absolute Gasteiger partial charge is 0.503 e. The normalized spacial score (nSPS) is 16.7. The minimum atomic E-state index is -4.22. The van der Waals surface area contributed by atoms with E-state index in [9.17, 15) is 23.1 Å². The highest BCUT2D eigenvalue weighted by molar-refractivity contribution is 6.32. The number of benzene rings is 1. The molecule has 0 aromatic heterocycles. The fraction of sp³-hybridized carbons (Fsp3) is 0.500. The molecule has 0 unspecified atom stereocenters. The first-order valence-corrected chi connectivity index (χ1v) is 7.04. The zero-order chi connectivity index (χ0) is 16.5. The molecule has 122 valence electrons. The number of aromatic hydroxyl groups is 1. The second-order valence-corrected chi connectivity index (χ2v) is 5.52. The van der Waals surface area contributed by atoms with E-state index >= 15 is 0 Å². The number of halogens is 4. The molecule has 1 aromatic carbocycles. The number of rotatable bonds is 2. The van der Waals surface area contributed by atoms with E-state index in [2.05, 4.69) is 0 Å². The van der Waals surface area contributed by atoms with Gasteiger partial charge in [0.05, 0.1) is 18.1 Å². The number of amides is 1. The number of likely N-dealkylation sites (tertiary alicyclic amines) is 1. The number of piperidine rings is 1. The molecule has 1 aliphatic rings. The first-order chi connectivity index (χ1) is 10.2. The maximum atomic E-state index is 12.6. The lowest BCUT2D eigenvalue weighted by atomic mass is 9.96. The Morgan fingerprint density at radius 1 is 1.36 bits per heavy atom. The maximum Gasteiger partial charge on any atom is 0.391 e. The van der Waals surface area contributed by atoms with Crippen LogP contribution in [0.1, 0.15) is 23.2 Å². The monoisotopic (exact) mass is 337 g/mol. The SMILES string of the molecule is COc1cc(C(=O)N2CCC(C(F)(F)F)CC2)cc(Cl)c1O. The molecule has 1 aliphatic heterocycles. The van der Waals surface area contributed by atoms with Crippen molar-refractivity contribution in [3.8, 4) is 11.5 Å². The lowest BCUT2D eigenvalue weighted by Gasteiger charge is -2.33. The van der Waals surface area contributed by atoms with Crippen molar-refractivity contribution in [3.05, 3.63) is 22.7 Å². The second kappa shape index (κ2) is 6.24. The number of carbonyl (C=O) groups is 1. The van der Waals surface area contributed by atoms with E-state index in [4.69, 9.17) is 16.3 Å². The molecule has 1 aromatic rings. The summed E-state index contributed by atoms with van der Waals surface area (Å²) in [4.78, 5) is 13.7. The standard InChI is InChI=1S/C14H15ClF3NO3/c1-22-11-7-8(6-10(15)12(11)20)13(21)19-4-2-9(3-5-19)14(16,17)18/h6-7,9,20H,2-5H2,1H3. The third-order valence-electron chi connectivity index (χ3n) is 3.74. The number of phenols is 1. The lowest BCUT2D eigenvalue weighted by molar-refractivity contribution is -0.183. The minimum Gasteiger partial charge on any atom is -0.503 e. The molecule has 0 spiro atoms. The number of carbonyl (C=O) groups excluding carboxylic acids is 1. The van der Waals surface area contributed by atoms with Gasteiger partial charge in [-0.3, -0.25) is 4.79 Å². The van der Waals surface area contributed by atoms with E-state index in [0.29, 0.717) is 0 Å². The summed E-state index contributed by atoms with van der Waals surface area (Å²) in [7, 11) is 1.31. The minimum absolute atomic E-state index is 0.0316. The molecule has 22 heavy (non-hydrogen) atoms. The Hall–Kier alpha value is -1.63. The van der Waals surface area contributed by atoms with Crippen LogP contribution in [0.4, 0.5) is 13.2 Å². The van der Waals surface area contributed by atoms with Gasteiger partial charge in [-0.05, 0) is 25.0 Å². The Morgan fingerprint density at radius 2 is 1.95 bits per heavy atom. The van der Waals surface area contributed by atoms with Crippen LogP contribution < -0.4 is 4.74 Å². The predicted molar refractivity (Wildman–Crippen MR) is 74.4 cm³/mol. The summed E-state index contributed by atoms with van der Waals surface area (Å²) in [5, 5.41) is 9.58. The fourth-order valence-electron chi connectivity index (χ4n) is 2.45. The molecular weight excluding hydrogens is 323 g/mol. The van der Waals surface area contributed by atoms with Crippen LogP contribution in [0.5, 0.6) is 11.5 Å². The highest BCUT2D eigenvalue weighted by atomic mass is 35.5. The van der Waals surface area contributed by atoms with Gasteiger partial charge in [0.2, 0.25) is 0 Å². The average Bonchev–Trinajstić information content (AvgIpc) is 2.48. The summed E-state index contributed by atoms with van der Waals surface area (Å²) in [6.07, 6.45) is -4.45. The number of alkyl halides is 3. The van der Waals surface area contributed by atoms with Crippen LogP contribution in [0.2, 0.25) is 5.02 Å². The van der Waals surface area contributed by atoms with Gasteiger partial charge >= 0.3 is 6.18 Å². The average molecular weight is 338 g/mol. The highest BCUT2D eigenvalue weighted by Gasteiger charge is 2.41. The van der Waals surface area contributed by atoms with Gasteiger partial charge in [0.1, 0.15) is 0 Å². The van der Waals surface area contributed by atoms with Gasteiger partial charge in [-0.25, -0.2) is 0 Å². The van der Waals surface area contributed by atoms with Gasteiger partial charge in [0, 0.05) is 18.7 Å². The molecule has 2 rings (SSSR count). The van der Waals surface area contributed by atoms with Crippen molar-refractivity contribution in [1.29, 1.82) is 0 Å². The molecule has 1 amide bonds. The molecule has 0 saturated carbocycles. The molecule has 1 fully saturated rings. The summed E-state index contributed by atoms with van der Waals surface area (Å²) in [5.41, 5.74) is 0.171. The van der Waals surface area contributed by atoms with Crippen molar-refractivity contribution in [2.45, 2.75) is 19.0 Å². The lowest BCUT2D eigenvalue weighted by Crippen LogP contribution is -2.42. The van der Waals surface area contributed by atoms with Gasteiger partial charge in [-0.15, -0.1) is 0 Å². The number of nitrogens with zero attached hydrogens (tertiary/aromatic N) is 1. The first-order valence-electron chi connectivity index (χ1n) is 6.66. The van der Waals surface area contributed by atoms with E-state index in [1.165, 1.54) is 24.1 Å². The third-order valence-corrected chi connectivity index (χ3v) is 4.03. The number of ether oxygens (including phenoxy) is 1. The molecule has 0 aliphatic carbocycles. The second-order valence-electron chi connectivity index (χ2n) is 5.12. The summed E-state index contributed by atoms with van der Waals surface area (Å²) in [6, 6.07) is 2.59. The van der Waals surface area contributed by atoms with Crippen molar-refractivity contribution in [3.63, 3.8) is 0 Å². The van der Waals surface area contributed by atoms with Crippen LogP contribution in [0.3, 0.4) is 0 Å². The van der Waals surface area contributed by atoms with Gasteiger partial charge < -0.3 is 14.7 Å². The molecule has 0 atom stereocenters. The van der Waals surface area contributed by atoms with E-state index in [-0.39, 0.29) is 48.0 Å². The molecule has 0 radical (unpaired) electrons.